The fourth-order valence-electron chi connectivity index (χ4n) is 4.32. The minimum Gasteiger partial charge on any atom is -0.396 e. The Hall–Kier alpha value is -1.42. The number of methoxy groups -OCH3 is 1. The molecule has 0 aliphatic heterocycles. The predicted molar refractivity (Wildman–Crippen MR) is 102 cm³/mol. The van der Waals surface area contributed by atoms with E-state index >= 15 is 0 Å². The molecule has 0 aromatic heterocycles. The van der Waals surface area contributed by atoms with Crippen LogP contribution in [0.1, 0.15) is 45.3 Å². The number of fused-ring (bicyclic) bond motifs is 1. The van der Waals surface area contributed by atoms with Crippen LogP contribution in [0.15, 0.2) is 42.5 Å². The van der Waals surface area contributed by atoms with Gasteiger partial charge in [-0.05, 0) is 47.6 Å². The summed E-state index contributed by atoms with van der Waals surface area (Å²) in [6, 6.07) is 14.9. The second kappa shape index (κ2) is 7.45. The molecule has 0 amide bonds. The molecule has 0 radical (unpaired) electrons. The number of rotatable bonds is 5. The van der Waals surface area contributed by atoms with Crippen LogP contribution in [0.2, 0.25) is 0 Å². The molecule has 2 aromatic carbocycles. The minimum absolute atomic E-state index is 0.0108. The van der Waals surface area contributed by atoms with Gasteiger partial charge in [-0.25, -0.2) is 0 Å². The Morgan fingerprint density at radius 1 is 1.16 bits per heavy atom. The first kappa shape index (κ1) is 18.4. The minimum atomic E-state index is -0.0117. The zero-order valence-electron chi connectivity index (χ0n) is 15.7. The largest absolute Gasteiger partial charge is 0.396 e. The molecule has 0 spiro atoms. The van der Waals surface area contributed by atoms with E-state index in [1.165, 1.54) is 16.3 Å². The smallest absolute Gasteiger partial charge is 0.0800 e. The molecule has 1 fully saturated rings. The van der Waals surface area contributed by atoms with Gasteiger partial charge in [-0.1, -0.05) is 50.2 Å². The summed E-state index contributed by atoms with van der Waals surface area (Å²) < 4.78 is 12.2. The van der Waals surface area contributed by atoms with Crippen molar-refractivity contribution in [2.45, 2.75) is 51.9 Å². The van der Waals surface area contributed by atoms with Gasteiger partial charge in [-0.2, -0.15) is 0 Å². The number of hydrogen-bond donors (Lipinski definition) is 1. The van der Waals surface area contributed by atoms with Crippen LogP contribution in [0, 0.1) is 11.3 Å². The normalized spacial score (nSPS) is 27.3. The lowest BCUT2D eigenvalue weighted by Crippen LogP contribution is -2.50. The summed E-state index contributed by atoms with van der Waals surface area (Å²) in [5, 5.41) is 12.4. The molecule has 0 saturated heterocycles. The summed E-state index contributed by atoms with van der Waals surface area (Å²) in [6.45, 7) is 6.62. The summed E-state index contributed by atoms with van der Waals surface area (Å²) in [5.41, 5.74) is 1.24. The first-order chi connectivity index (χ1) is 12.0. The second-order valence-electron chi connectivity index (χ2n) is 7.95. The molecule has 136 valence electrons. The van der Waals surface area contributed by atoms with Crippen molar-refractivity contribution in [2.75, 3.05) is 13.7 Å². The number of ether oxygens (including phenoxy) is 2. The zero-order chi connectivity index (χ0) is 18.0. The molecule has 0 bridgehead atoms. The van der Waals surface area contributed by atoms with E-state index in [1.54, 1.807) is 7.11 Å². The van der Waals surface area contributed by atoms with Gasteiger partial charge in [0.2, 0.25) is 0 Å². The van der Waals surface area contributed by atoms with Crippen molar-refractivity contribution >= 4 is 10.8 Å². The van der Waals surface area contributed by atoms with E-state index in [1.807, 2.05) is 0 Å². The highest BCUT2D eigenvalue weighted by Gasteiger charge is 2.45. The number of aliphatic hydroxyl groups excluding tert-OH is 1. The van der Waals surface area contributed by atoms with E-state index < -0.39 is 0 Å². The van der Waals surface area contributed by atoms with Crippen LogP contribution in [-0.2, 0) is 9.47 Å². The van der Waals surface area contributed by atoms with E-state index in [9.17, 15) is 5.11 Å². The summed E-state index contributed by atoms with van der Waals surface area (Å²) in [4.78, 5) is 0. The standard InChI is InChI=1S/C22H30O3/c1-15(17-10-9-16-7-5-6-8-18(16)13-17)25-20-11-12-22(2,3)21(24-4)19(20)14-23/h5-10,13,15,19-21,23H,11-12,14H2,1-4H3. The van der Waals surface area contributed by atoms with E-state index in [4.69, 9.17) is 9.47 Å². The number of aliphatic hydroxyl groups is 1. The summed E-state index contributed by atoms with van der Waals surface area (Å²) in [7, 11) is 1.74. The van der Waals surface area contributed by atoms with Gasteiger partial charge in [0.05, 0.1) is 24.9 Å². The van der Waals surface area contributed by atoms with Crippen molar-refractivity contribution in [2.24, 2.45) is 11.3 Å². The van der Waals surface area contributed by atoms with Crippen molar-refractivity contribution in [3.8, 4) is 0 Å². The first-order valence-corrected chi connectivity index (χ1v) is 9.24. The first-order valence-electron chi connectivity index (χ1n) is 9.24. The monoisotopic (exact) mass is 342 g/mol. The van der Waals surface area contributed by atoms with Crippen molar-refractivity contribution in [1.82, 2.24) is 0 Å². The average Bonchev–Trinajstić information content (AvgIpc) is 2.62. The highest BCUT2D eigenvalue weighted by atomic mass is 16.5. The molecule has 4 atom stereocenters. The van der Waals surface area contributed by atoms with Crippen molar-refractivity contribution in [3.63, 3.8) is 0 Å². The van der Waals surface area contributed by atoms with Gasteiger partial charge < -0.3 is 14.6 Å². The lowest BCUT2D eigenvalue weighted by molar-refractivity contribution is -0.157. The van der Waals surface area contributed by atoms with Gasteiger partial charge >= 0.3 is 0 Å². The molecular weight excluding hydrogens is 312 g/mol. The molecular formula is C22H30O3. The van der Waals surface area contributed by atoms with E-state index in [2.05, 4.69) is 63.2 Å². The average molecular weight is 342 g/mol. The fraction of sp³-hybridized carbons (Fsp3) is 0.545. The molecule has 3 heteroatoms. The zero-order valence-corrected chi connectivity index (χ0v) is 15.7. The van der Waals surface area contributed by atoms with Crippen LogP contribution in [0.4, 0.5) is 0 Å². The van der Waals surface area contributed by atoms with E-state index in [0.29, 0.717) is 0 Å². The Balaban J connectivity index is 1.77. The molecule has 1 aliphatic rings. The van der Waals surface area contributed by atoms with Crippen molar-refractivity contribution in [3.05, 3.63) is 48.0 Å². The van der Waals surface area contributed by atoms with Crippen LogP contribution >= 0.6 is 0 Å². The fourth-order valence-corrected chi connectivity index (χ4v) is 4.32. The Morgan fingerprint density at radius 2 is 1.88 bits per heavy atom. The van der Waals surface area contributed by atoms with Gasteiger partial charge in [-0.15, -0.1) is 0 Å². The number of hydrogen-bond acceptors (Lipinski definition) is 3. The van der Waals surface area contributed by atoms with Gasteiger partial charge in [0.25, 0.3) is 0 Å². The Labute approximate surface area is 151 Å². The van der Waals surface area contributed by atoms with E-state index in [0.717, 1.165) is 12.8 Å². The summed E-state index contributed by atoms with van der Waals surface area (Å²) in [5.74, 6) is 0.0108. The van der Waals surface area contributed by atoms with Gasteiger partial charge in [0.1, 0.15) is 0 Å². The maximum absolute atomic E-state index is 9.96. The molecule has 3 nitrogen and oxygen atoms in total. The molecule has 1 N–H and O–H groups in total. The predicted octanol–water partition coefficient (Wildman–Crippen LogP) is 4.73. The third-order valence-corrected chi connectivity index (χ3v) is 5.80. The van der Waals surface area contributed by atoms with Crippen LogP contribution in [0.5, 0.6) is 0 Å². The SMILES string of the molecule is COC1C(CO)C(OC(C)c2ccc3ccccc3c2)CCC1(C)C. The lowest BCUT2D eigenvalue weighted by atomic mass is 9.68. The molecule has 0 heterocycles. The number of benzene rings is 2. The third kappa shape index (κ3) is 3.74. The maximum atomic E-state index is 9.96. The van der Waals surface area contributed by atoms with Crippen LogP contribution in [0.3, 0.4) is 0 Å². The highest BCUT2D eigenvalue weighted by Crippen LogP contribution is 2.43. The summed E-state index contributed by atoms with van der Waals surface area (Å²) >= 11 is 0. The Morgan fingerprint density at radius 3 is 2.56 bits per heavy atom. The molecule has 25 heavy (non-hydrogen) atoms. The Kier molecular flexibility index (Phi) is 5.47. The lowest BCUT2D eigenvalue weighted by Gasteiger charge is -2.46. The molecule has 1 saturated carbocycles. The van der Waals surface area contributed by atoms with Crippen molar-refractivity contribution < 1.29 is 14.6 Å². The van der Waals surface area contributed by atoms with Gasteiger partial charge in [0, 0.05) is 13.0 Å². The van der Waals surface area contributed by atoms with E-state index in [-0.39, 0.29) is 36.3 Å². The quantitative estimate of drug-likeness (QED) is 0.854. The molecule has 2 aromatic rings. The highest BCUT2D eigenvalue weighted by molar-refractivity contribution is 5.83. The van der Waals surface area contributed by atoms with Gasteiger partial charge in [0.15, 0.2) is 0 Å². The van der Waals surface area contributed by atoms with Crippen LogP contribution in [-0.4, -0.2) is 31.0 Å². The molecule has 3 rings (SSSR count). The second-order valence-corrected chi connectivity index (χ2v) is 7.95. The van der Waals surface area contributed by atoms with Crippen LogP contribution < -0.4 is 0 Å². The topological polar surface area (TPSA) is 38.7 Å². The van der Waals surface area contributed by atoms with Crippen molar-refractivity contribution in [1.29, 1.82) is 0 Å². The Bertz CT molecular complexity index is 709. The van der Waals surface area contributed by atoms with Crippen LogP contribution in [0.25, 0.3) is 10.8 Å². The molecule has 4 unspecified atom stereocenters. The summed E-state index contributed by atoms with van der Waals surface area (Å²) in [6.07, 6.45) is 2.01. The maximum Gasteiger partial charge on any atom is 0.0800 e. The third-order valence-electron chi connectivity index (χ3n) is 5.80. The van der Waals surface area contributed by atoms with Gasteiger partial charge in [-0.3, -0.25) is 0 Å². The molecule has 1 aliphatic carbocycles.